The normalized spacial score (nSPS) is 15.2. The van der Waals surface area contributed by atoms with E-state index in [0.29, 0.717) is 17.8 Å². The highest BCUT2D eigenvalue weighted by atomic mass is 35.5. The summed E-state index contributed by atoms with van der Waals surface area (Å²) in [7, 11) is 0. The molecule has 33 heavy (non-hydrogen) atoms. The number of anilines is 1. The van der Waals surface area contributed by atoms with Crippen LogP contribution in [0.25, 0.3) is 5.52 Å². The molecule has 1 aliphatic heterocycles. The van der Waals surface area contributed by atoms with E-state index in [1.54, 1.807) is 12.4 Å². The molecule has 3 N–H and O–H groups in total. The number of imidazole rings is 1. The van der Waals surface area contributed by atoms with Gasteiger partial charge in [0.25, 0.3) is 5.91 Å². The zero-order chi connectivity index (χ0) is 24.0. The molecule has 3 heterocycles. The van der Waals surface area contributed by atoms with Crippen molar-refractivity contribution >= 4 is 28.8 Å². The summed E-state index contributed by atoms with van der Waals surface area (Å²) in [6.07, 6.45) is 2.90. The number of halogens is 2. The first kappa shape index (κ1) is 23.3. The third-order valence-electron chi connectivity index (χ3n) is 5.72. The van der Waals surface area contributed by atoms with Crippen LogP contribution in [0.2, 0.25) is 5.02 Å². The molecule has 1 amide bonds. The largest absolute Gasteiger partial charge is 0.490 e. The standard InChI is InChI=1S/C23H27ClFN5O3/c1-11(2)33-20-14(8-16(24)18(25)17(20)23(32)29-9-15(31)10-29)7-12(3)22-28-13(4)19-21(26)27-5-6-30(19)22/h5-6,8,11-12,15,31H,7,9-10H2,1-4H3,(H2,26,27). The van der Waals surface area contributed by atoms with E-state index in [-0.39, 0.29) is 41.4 Å². The van der Waals surface area contributed by atoms with Crippen LogP contribution in [0.4, 0.5) is 10.2 Å². The van der Waals surface area contributed by atoms with Crippen molar-refractivity contribution in [3.8, 4) is 5.75 Å². The number of hydrogen-bond acceptors (Lipinski definition) is 6. The van der Waals surface area contributed by atoms with Gasteiger partial charge in [-0.2, -0.15) is 0 Å². The summed E-state index contributed by atoms with van der Waals surface area (Å²) in [5, 5.41) is 9.44. The molecule has 10 heteroatoms. The molecule has 1 fully saturated rings. The average Bonchev–Trinajstić information content (AvgIpc) is 3.06. The number of likely N-dealkylation sites (tertiary alicyclic amines) is 1. The third kappa shape index (κ3) is 4.22. The maximum Gasteiger partial charge on any atom is 0.260 e. The number of carbonyl (C=O) groups excluding carboxylic acids is 1. The summed E-state index contributed by atoms with van der Waals surface area (Å²) in [5.74, 6) is -0.200. The van der Waals surface area contributed by atoms with Crippen LogP contribution in [-0.4, -0.2) is 55.6 Å². The molecule has 4 rings (SSSR count). The molecule has 0 radical (unpaired) electrons. The van der Waals surface area contributed by atoms with Gasteiger partial charge in [-0.1, -0.05) is 18.5 Å². The van der Waals surface area contributed by atoms with Crippen LogP contribution in [0, 0.1) is 12.7 Å². The van der Waals surface area contributed by atoms with Crippen molar-refractivity contribution in [2.75, 3.05) is 18.8 Å². The van der Waals surface area contributed by atoms with Crippen molar-refractivity contribution in [1.29, 1.82) is 0 Å². The molecular weight excluding hydrogens is 449 g/mol. The fourth-order valence-electron chi connectivity index (χ4n) is 4.19. The van der Waals surface area contributed by atoms with Crippen LogP contribution in [0.15, 0.2) is 18.5 Å². The highest BCUT2D eigenvalue weighted by Crippen LogP contribution is 2.37. The van der Waals surface area contributed by atoms with E-state index in [1.807, 2.05) is 32.1 Å². The number of rotatable bonds is 6. The summed E-state index contributed by atoms with van der Waals surface area (Å²) in [4.78, 5) is 23.3. The van der Waals surface area contributed by atoms with Crippen LogP contribution < -0.4 is 10.5 Å². The predicted octanol–water partition coefficient (Wildman–Crippen LogP) is 3.36. The molecule has 8 nitrogen and oxygen atoms in total. The monoisotopic (exact) mass is 475 g/mol. The summed E-state index contributed by atoms with van der Waals surface area (Å²) in [6.45, 7) is 7.75. The lowest BCUT2D eigenvalue weighted by Gasteiger charge is -2.36. The molecule has 2 aromatic heterocycles. The number of benzene rings is 1. The van der Waals surface area contributed by atoms with Gasteiger partial charge in [-0.25, -0.2) is 14.4 Å². The van der Waals surface area contributed by atoms with E-state index >= 15 is 4.39 Å². The van der Waals surface area contributed by atoms with Gasteiger partial charge >= 0.3 is 0 Å². The van der Waals surface area contributed by atoms with Crippen molar-refractivity contribution in [1.82, 2.24) is 19.3 Å². The van der Waals surface area contributed by atoms with Gasteiger partial charge < -0.3 is 20.5 Å². The number of ether oxygens (including phenoxy) is 1. The molecule has 1 atom stereocenters. The van der Waals surface area contributed by atoms with Gasteiger partial charge in [0.1, 0.15) is 28.5 Å². The van der Waals surface area contributed by atoms with Crippen molar-refractivity contribution in [3.05, 3.63) is 51.9 Å². The van der Waals surface area contributed by atoms with Gasteiger partial charge in [0.05, 0.1) is 22.9 Å². The number of carbonyl (C=O) groups is 1. The Labute approximate surface area is 196 Å². The van der Waals surface area contributed by atoms with Crippen LogP contribution in [0.5, 0.6) is 5.75 Å². The third-order valence-corrected chi connectivity index (χ3v) is 5.99. The Morgan fingerprint density at radius 1 is 1.39 bits per heavy atom. The zero-order valence-electron chi connectivity index (χ0n) is 19.0. The Balaban J connectivity index is 1.77. The number of β-amino-alcohol motifs (C(OH)–C–C–N with tert-alkyl or cyclic N) is 1. The minimum Gasteiger partial charge on any atom is -0.490 e. The average molecular weight is 476 g/mol. The van der Waals surface area contributed by atoms with Crippen molar-refractivity contribution in [2.45, 2.75) is 52.2 Å². The molecular formula is C23H27ClFN5O3. The Bertz CT molecular complexity index is 1220. The van der Waals surface area contributed by atoms with Crippen LogP contribution in [0.1, 0.15) is 54.1 Å². The number of hydrogen-bond donors (Lipinski definition) is 2. The second-order valence-corrected chi connectivity index (χ2v) is 9.17. The number of nitrogen functional groups attached to an aromatic ring is 1. The second kappa shape index (κ2) is 8.79. The van der Waals surface area contributed by atoms with Gasteiger partial charge in [0.15, 0.2) is 5.82 Å². The maximum atomic E-state index is 15.1. The lowest BCUT2D eigenvalue weighted by molar-refractivity contribution is 0.00524. The fraction of sp³-hybridized carbons (Fsp3) is 0.435. The quantitative estimate of drug-likeness (QED) is 0.566. The molecule has 3 aromatic rings. The number of amides is 1. The summed E-state index contributed by atoms with van der Waals surface area (Å²) < 4.78 is 23.0. The molecule has 1 aromatic carbocycles. The smallest absolute Gasteiger partial charge is 0.260 e. The van der Waals surface area contributed by atoms with E-state index in [9.17, 15) is 9.90 Å². The number of aryl methyl sites for hydroxylation is 1. The molecule has 176 valence electrons. The minimum absolute atomic E-state index is 0.141. The molecule has 1 unspecified atom stereocenters. The fourth-order valence-corrected chi connectivity index (χ4v) is 4.42. The van der Waals surface area contributed by atoms with Crippen molar-refractivity contribution < 1.29 is 19.0 Å². The van der Waals surface area contributed by atoms with Gasteiger partial charge in [-0.05, 0) is 38.8 Å². The van der Waals surface area contributed by atoms with E-state index in [2.05, 4.69) is 9.97 Å². The molecule has 0 spiro atoms. The van der Waals surface area contributed by atoms with Crippen LogP contribution >= 0.6 is 11.6 Å². The highest BCUT2D eigenvalue weighted by molar-refractivity contribution is 6.31. The minimum atomic E-state index is -0.823. The summed E-state index contributed by atoms with van der Waals surface area (Å²) in [5.41, 5.74) is 7.93. The Morgan fingerprint density at radius 3 is 2.73 bits per heavy atom. The molecule has 0 bridgehead atoms. The van der Waals surface area contributed by atoms with Crippen LogP contribution in [-0.2, 0) is 6.42 Å². The number of aliphatic hydroxyl groups is 1. The number of fused-ring (bicyclic) bond motifs is 1. The first-order valence-corrected chi connectivity index (χ1v) is 11.2. The Hall–Kier alpha value is -2.91. The predicted molar refractivity (Wildman–Crippen MR) is 123 cm³/mol. The molecule has 0 saturated carbocycles. The maximum absolute atomic E-state index is 15.1. The Morgan fingerprint density at radius 2 is 2.09 bits per heavy atom. The molecule has 0 aliphatic carbocycles. The van der Waals surface area contributed by atoms with Gasteiger partial charge in [0, 0.05) is 31.4 Å². The lowest BCUT2D eigenvalue weighted by atomic mass is 9.96. The molecule has 1 aliphatic rings. The zero-order valence-corrected chi connectivity index (χ0v) is 19.7. The van der Waals surface area contributed by atoms with E-state index in [0.717, 1.165) is 17.0 Å². The highest BCUT2D eigenvalue weighted by Gasteiger charge is 2.35. The first-order valence-electron chi connectivity index (χ1n) is 10.8. The van der Waals surface area contributed by atoms with Crippen LogP contribution in [0.3, 0.4) is 0 Å². The van der Waals surface area contributed by atoms with Gasteiger partial charge in [-0.15, -0.1) is 0 Å². The number of aromatic nitrogens is 3. The van der Waals surface area contributed by atoms with E-state index < -0.39 is 17.8 Å². The molecule has 1 saturated heterocycles. The van der Waals surface area contributed by atoms with E-state index in [4.69, 9.17) is 22.1 Å². The van der Waals surface area contributed by atoms with Gasteiger partial charge in [0.2, 0.25) is 0 Å². The summed E-state index contributed by atoms with van der Waals surface area (Å²) >= 11 is 6.22. The number of aliphatic hydroxyl groups excluding tert-OH is 1. The number of nitrogens with two attached hydrogens (primary N) is 1. The topological polar surface area (TPSA) is 106 Å². The lowest BCUT2D eigenvalue weighted by Crippen LogP contribution is -2.53. The van der Waals surface area contributed by atoms with Crippen molar-refractivity contribution in [2.24, 2.45) is 0 Å². The SMILES string of the molecule is Cc1nc(C(C)Cc2cc(Cl)c(F)c(C(=O)N3CC(O)C3)c2OC(C)C)n2ccnc(N)c12. The second-order valence-electron chi connectivity index (χ2n) is 8.76. The summed E-state index contributed by atoms with van der Waals surface area (Å²) in [6, 6.07) is 1.51. The van der Waals surface area contributed by atoms with E-state index in [1.165, 1.54) is 11.0 Å². The Kier molecular flexibility index (Phi) is 6.20. The first-order chi connectivity index (χ1) is 15.6. The van der Waals surface area contributed by atoms with Crippen molar-refractivity contribution in [3.63, 3.8) is 0 Å². The van der Waals surface area contributed by atoms with Gasteiger partial charge in [-0.3, -0.25) is 9.20 Å². The number of nitrogens with zero attached hydrogens (tertiary/aromatic N) is 4.